The third-order valence-corrected chi connectivity index (χ3v) is 3.20. The van der Waals surface area contributed by atoms with E-state index in [0.717, 1.165) is 6.61 Å². The standard InChI is InChI=1S/C10H19NO/c1-10(2)5-3-6-11(10)7-4-9-8-12-9/h9H,3-8H2,1-2H3. The Morgan fingerprint density at radius 1 is 1.50 bits per heavy atom. The summed E-state index contributed by atoms with van der Waals surface area (Å²) in [6.45, 7) is 8.24. The summed E-state index contributed by atoms with van der Waals surface area (Å²) in [5.74, 6) is 0. The first-order chi connectivity index (χ1) is 5.68. The summed E-state index contributed by atoms with van der Waals surface area (Å²) in [6.07, 6.45) is 4.57. The van der Waals surface area contributed by atoms with Crippen molar-refractivity contribution >= 4 is 0 Å². The second-order valence-corrected chi connectivity index (χ2v) is 4.65. The highest BCUT2D eigenvalue weighted by molar-refractivity contribution is 4.88. The highest BCUT2D eigenvalue weighted by atomic mass is 16.6. The zero-order chi connectivity index (χ0) is 8.60. The van der Waals surface area contributed by atoms with E-state index in [2.05, 4.69) is 18.7 Å². The van der Waals surface area contributed by atoms with E-state index in [9.17, 15) is 0 Å². The molecule has 0 aromatic heterocycles. The van der Waals surface area contributed by atoms with Crippen LogP contribution >= 0.6 is 0 Å². The quantitative estimate of drug-likeness (QED) is 0.597. The number of epoxide rings is 1. The molecule has 0 radical (unpaired) electrons. The zero-order valence-corrected chi connectivity index (χ0v) is 8.18. The fourth-order valence-electron chi connectivity index (χ4n) is 2.11. The molecule has 70 valence electrons. The monoisotopic (exact) mass is 169 g/mol. The van der Waals surface area contributed by atoms with Crippen LogP contribution in [0, 0.1) is 0 Å². The van der Waals surface area contributed by atoms with Crippen molar-refractivity contribution in [1.29, 1.82) is 0 Å². The Morgan fingerprint density at radius 3 is 2.75 bits per heavy atom. The lowest BCUT2D eigenvalue weighted by Crippen LogP contribution is -2.39. The molecule has 0 amide bonds. The van der Waals surface area contributed by atoms with Gasteiger partial charge in [-0.15, -0.1) is 0 Å². The molecule has 2 saturated heterocycles. The van der Waals surface area contributed by atoms with E-state index in [1.54, 1.807) is 0 Å². The Bertz CT molecular complexity index is 163. The van der Waals surface area contributed by atoms with Crippen LogP contribution in [0.15, 0.2) is 0 Å². The molecule has 0 spiro atoms. The molecule has 2 aliphatic heterocycles. The predicted octanol–water partition coefficient (Wildman–Crippen LogP) is 1.65. The summed E-state index contributed by atoms with van der Waals surface area (Å²) in [4.78, 5) is 2.61. The number of ether oxygens (including phenoxy) is 1. The molecule has 0 aromatic carbocycles. The van der Waals surface area contributed by atoms with E-state index in [1.165, 1.54) is 32.4 Å². The van der Waals surface area contributed by atoms with Crippen LogP contribution in [-0.4, -0.2) is 36.2 Å². The van der Waals surface area contributed by atoms with Crippen LogP contribution in [0.2, 0.25) is 0 Å². The van der Waals surface area contributed by atoms with Crippen molar-refractivity contribution in [3.05, 3.63) is 0 Å². The molecule has 0 N–H and O–H groups in total. The fraction of sp³-hybridized carbons (Fsp3) is 1.00. The van der Waals surface area contributed by atoms with Gasteiger partial charge in [0.25, 0.3) is 0 Å². The molecule has 1 atom stereocenters. The minimum atomic E-state index is 0.453. The first-order valence-corrected chi connectivity index (χ1v) is 5.05. The van der Waals surface area contributed by atoms with Gasteiger partial charge in [0.1, 0.15) is 0 Å². The molecule has 0 aromatic rings. The van der Waals surface area contributed by atoms with Gasteiger partial charge < -0.3 is 4.74 Å². The van der Waals surface area contributed by atoms with Crippen molar-refractivity contribution in [1.82, 2.24) is 4.90 Å². The molecule has 0 bridgehead atoms. The SMILES string of the molecule is CC1(C)CCCN1CCC1CO1. The predicted molar refractivity (Wildman–Crippen MR) is 49.2 cm³/mol. The van der Waals surface area contributed by atoms with E-state index in [-0.39, 0.29) is 0 Å². The number of nitrogens with zero attached hydrogens (tertiary/aromatic N) is 1. The topological polar surface area (TPSA) is 15.8 Å². The minimum absolute atomic E-state index is 0.453. The van der Waals surface area contributed by atoms with Gasteiger partial charge in [-0.2, -0.15) is 0 Å². The summed E-state index contributed by atoms with van der Waals surface area (Å²) < 4.78 is 5.21. The maximum absolute atomic E-state index is 5.21. The number of hydrogen-bond donors (Lipinski definition) is 0. The molecule has 0 aliphatic carbocycles. The maximum atomic E-state index is 5.21. The van der Waals surface area contributed by atoms with E-state index in [0.29, 0.717) is 11.6 Å². The number of rotatable bonds is 3. The first kappa shape index (κ1) is 8.52. The summed E-state index contributed by atoms with van der Waals surface area (Å²) in [5.41, 5.74) is 0.453. The maximum Gasteiger partial charge on any atom is 0.0822 e. The molecule has 2 rings (SSSR count). The zero-order valence-electron chi connectivity index (χ0n) is 8.18. The Morgan fingerprint density at radius 2 is 2.25 bits per heavy atom. The number of hydrogen-bond acceptors (Lipinski definition) is 2. The smallest absolute Gasteiger partial charge is 0.0822 e. The average molecular weight is 169 g/mol. The van der Waals surface area contributed by atoms with Crippen LogP contribution in [0.25, 0.3) is 0 Å². The van der Waals surface area contributed by atoms with Gasteiger partial charge >= 0.3 is 0 Å². The van der Waals surface area contributed by atoms with Crippen LogP contribution in [0.5, 0.6) is 0 Å². The van der Waals surface area contributed by atoms with Crippen LogP contribution in [-0.2, 0) is 4.74 Å². The van der Waals surface area contributed by atoms with Gasteiger partial charge in [-0.25, -0.2) is 0 Å². The van der Waals surface area contributed by atoms with E-state index in [1.807, 2.05) is 0 Å². The van der Waals surface area contributed by atoms with Crippen LogP contribution in [0.3, 0.4) is 0 Å². The van der Waals surface area contributed by atoms with Crippen molar-refractivity contribution < 1.29 is 4.74 Å². The van der Waals surface area contributed by atoms with Crippen molar-refractivity contribution in [2.75, 3.05) is 19.7 Å². The summed E-state index contributed by atoms with van der Waals surface area (Å²) >= 11 is 0. The van der Waals surface area contributed by atoms with Crippen LogP contribution in [0.4, 0.5) is 0 Å². The molecule has 12 heavy (non-hydrogen) atoms. The van der Waals surface area contributed by atoms with E-state index < -0.39 is 0 Å². The lowest BCUT2D eigenvalue weighted by Gasteiger charge is -2.31. The van der Waals surface area contributed by atoms with E-state index >= 15 is 0 Å². The van der Waals surface area contributed by atoms with Crippen molar-refractivity contribution in [2.24, 2.45) is 0 Å². The van der Waals surface area contributed by atoms with Gasteiger partial charge in [-0.1, -0.05) is 0 Å². The molecular weight excluding hydrogens is 150 g/mol. The average Bonchev–Trinajstić information content (AvgIpc) is 2.74. The molecular formula is C10H19NO. The van der Waals surface area contributed by atoms with Crippen molar-refractivity contribution in [3.63, 3.8) is 0 Å². The summed E-state index contributed by atoms with van der Waals surface area (Å²) in [5, 5.41) is 0. The second-order valence-electron chi connectivity index (χ2n) is 4.65. The second kappa shape index (κ2) is 3.00. The van der Waals surface area contributed by atoms with Gasteiger partial charge in [0.05, 0.1) is 12.7 Å². The van der Waals surface area contributed by atoms with Crippen molar-refractivity contribution in [3.8, 4) is 0 Å². The van der Waals surface area contributed by atoms with Gasteiger partial charge in [0, 0.05) is 12.1 Å². The molecule has 2 heterocycles. The first-order valence-electron chi connectivity index (χ1n) is 5.05. The highest BCUT2D eigenvalue weighted by Gasteiger charge is 2.33. The van der Waals surface area contributed by atoms with Gasteiger partial charge in [-0.3, -0.25) is 4.90 Å². The highest BCUT2D eigenvalue weighted by Crippen LogP contribution is 2.29. The van der Waals surface area contributed by atoms with Gasteiger partial charge in [0.2, 0.25) is 0 Å². The lowest BCUT2D eigenvalue weighted by atomic mass is 10.0. The van der Waals surface area contributed by atoms with E-state index in [4.69, 9.17) is 4.74 Å². The molecule has 2 fully saturated rings. The Balaban J connectivity index is 1.77. The Labute approximate surface area is 74.9 Å². The molecule has 2 aliphatic rings. The summed E-state index contributed by atoms with van der Waals surface area (Å²) in [6, 6.07) is 0. The van der Waals surface area contributed by atoms with Gasteiger partial charge in [-0.05, 0) is 39.7 Å². The lowest BCUT2D eigenvalue weighted by molar-refractivity contribution is 0.167. The molecule has 2 nitrogen and oxygen atoms in total. The number of likely N-dealkylation sites (tertiary alicyclic amines) is 1. The van der Waals surface area contributed by atoms with Gasteiger partial charge in [0.15, 0.2) is 0 Å². The summed E-state index contributed by atoms with van der Waals surface area (Å²) in [7, 11) is 0. The molecule has 2 heteroatoms. The molecule has 0 saturated carbocycles. The Hall–Kier alpha value is -0.0800. The largest absolute Gasteiger partial charge is 0.373 e. The third-order valence-electron chi connectivity index (χ3n) is 3.20. The van der Waals surface area contributed by atoms with Crippen molar-refractivity contribution in [2.45, 2.75) is 44.8 Å². The Kier molecular flexibility index (Phi) is 2.13. The fourth-order valence-corrected chi connectivity index (χ4v) is 2.11. The van der Waals surface area contributed by atoms with Crippen LogP contribution < -0.4 is 0 Å². The minimum Gasteiger partial charge on any atom is -0.373 e. The normalized spacial score (nSPS) is 34.0. The third kappa shape index (κ3) is 1.80. The molecule has 1 unspecified atom stereocenters. The van der Waals surface area contributed by atoms with Crippen LogP contribution in [0.1, 0.15) is 33.1 Å².